The third kappa shape index (κ3) is 6.54. The maximum Gasteiger partial charge on any atom is 0.340 e. The van der Waals surface area contributed by atoms with Crippen LogP contribution in [0.2, 0.25) is 0 Å². The van der Waals surface area contributed by atoms with Crippen LogP contribution in [0.15, 0.2) is 132 Å². The molecule has 260 valence electrons. The maximum absolute atomic E-state index is 15.1. The van der Waals surface area contributed by atoms with Crippen LogP contribution in [-0.4, -0.2) is 46.5 Å². The van der Waals surface area contributed by atoms with Crippen molar-refractivity contribution in [1.29, 1.82) is 0 Å². The number of methoxy groups -OCH3 is 1. The quantitative estimate of drug-likeness (QED) is 0.116. The maximum atomic E-state index is 15.1. The first-order valence-electron chi connectivity index (χ1n) is 16.7. The van der Waals surface area contributed by atoms with E-state index in [1.54, 1.807) is 48.8 Å². The zero-order valence-corrected chi connectivity index (χ0v) is 29.8. The Morgan fingerprint density at radius 2 is 1.52 bits per heavy atom. The fourth-order valence-corrected chi connectivity index (χ4v) is 8.34. The summed E-state index contributed by atoms with van der Waals surface area (Å²) < 4.78 is 43.1. The van der Waals surface area contributed by atoms with Crippen molar-refractivity contribution in [3.05, 3.63) is 144 Å². The molecular formula is C40H33N5O5S2. The smallest absolute Gasteiger partial charge is 0.340 e. The van der Waals surface area contributed by atoms with E-state index in [4.69, 9.17) is 19.4 Å². The van der Waals surface area contributed by atoms with Crippen molar-refractivity contribution >= 4 is 44.1 Å². The summed E-state index contributed by atoms with van der Waals surface area (Å²) in [5, 5.41) is 2.94. The van der Waals surface area contributed by atoms with E-state index in [0.717, 1.165) is 29.0 Å². The number of fused-ring (bicyclic) bond motifs is 1. The highest BCUT2D eigenvalue weighted by Crippen LogP contribution is 2.43. The molecule has 0 unspecified atom stereocenters. The number of carbonyl (C=O) groups excluding carboxylic acids is 1. The Morgan fingerprint density at radius 3 is 2.12 bits per heavy atom. The van der Waals surface area contributed by atoms with E-state index in [2.05, 4.69) is 4.98 Å². The van der Waals surface area contributed by atoms with Crippen molar-refractivity contribution in [2.75, 3.05) is 12.0 Å². The molecule has 0 radical (unpaired) electrons. The van der Waals surface area contributed by atoms with Crippen LogP contribution in [0.1, 0.15) is 34.3 Å². The zero-order chi connectivity index (χ0) is 35.7. The van der Waals surface area contributed by atoms with Crippen molar-refractivity contribution in [1.82, 2.24) is 18.9 Å². The monoisotopic (exact) mass is 727 g/mol. The molecule has 1 saturated carbocycles. The van der Waals surface area contributed by atoms with Crippen molar-refractivity contribution < 1.29 is 22.7 Å². The van der Waals surface area contributed by atoms with Crippen LogP contribution in [0.25, 0.3) is 32.7 Å². The molecule has 0 bridgehead atoms. The number of rotatable bonds is 12. The van der Waals surface area contributed by atoms with Gasteiger partial charge in [0.15, 0.2) is 5.82 Å². The number of hydrogen-bond acceptors (Lipinski definition) is 10. The Morgan fingerprint density at radius 1 is 0.865 bits per heavy atom. The topological polar surface area (TPSA) is 117 Å². The lowest BCUT2D eigenvalue weighted by molar-refractivity contribution is 0.0602. The number of thiazole rings is 1. The standard InChI is InChI=1S/C40H33N5O5S2/c1-49-40(46)34-24-42-37(44(25-27-11-5-2-6-12-27)26-28-13-7-3-8-14-28)36-32(34)22-35(45(36)52(47,48)31-15-9-4-10-16-31)33-21-29(39-41-19-20-51-39)23-43-38(33)50-30-17-18-30/h2-16,19-24,30H,17-18,25-26H2,1H3. The third-order valence-corrected chi connectivity index (χ3v) is 11.4. The number of ether oxygens (including phenoxy) is 2. The molecule has 52 heavy (non-hydrogen) atoms. The van der Waals surface area contributed by atoms with Crippen LogP contribution in [0, 0.1) is 0 Å². The summed E-state index contributed by atoms with van der Waals surface area (Å²) in [6, 6.07) is 31.6. The van der Waals surface area contributed by atoms with Crippen molar-refractivity contribution in [2.45, 2.75) is 36.9 Å². The molecule has 4 heterocycles. The largest absolute Gasteiger partial charge is 0.474 e. The molecule has 4 aromatic heterocycles. The van der Waals surface area contributed by atoms with Crippen molar-refractivity contribution in [3.8, 4) is 27.7 Å². The molecule has 1 aliphatic rings. The fourth-order valence-electron chi connectivity index (χ4n) is 6.17. The number of carbonyl (C=O) groups is 1. The molecule has 0 N–H and O–H groups in total. The first kappa shape index (κ1) is 33.3. The zero-order valence-electron chi connectivity index (χ0n) is 28.1. The summed E-state index contributed by atoms with van der Waals surface area (Å²) in [6.45, 7) is 0.802. The van der Waals surface area contributed by atoms with Gasteiger partial charge in [-0.05, 0) is 48.2 Å². The lowest BCUT2D eigenvalue weighted by atomic mass is 10.1. The summed E-state index contributed by atoms with van der Waals surface area (Å²) in [4.78, 5) is 29.6. The van der Waals surface area contributed by atoms with Gasteiger partial charge >= 0.3 is 5.97 Å². The van der Waals surface area contributed by atoms with Gasteiger partial charge in [0.1, 0.15) is 16.6 Å². The predicted octanol–water partition coefficient (Wildman–Crippen LogP) is 7.99. The average molecular weight is 728 g/mol. The molecule has 3 aromatic carbocycles. The van der Waals surface area contributed by atoms with Crippen molar-refractivity contribution in [3.63, 3.8) is 0 Å². The van der Waals surface area contributed by atoms with Gasteiger partial charge in [0.25, 0.3) is 10.0 Å². The molecule has 0 amide bonds. The second-order valence-corrected chi connectivity index (χ2v) is 15.1. The van der Waals surface area contributed by atoms with E-state index in [1.165, 1.54) is 28.6 Å². The fraction of sp³-hybridized carbons (Fsp3) is 0.150. The Labute approximate surface area is 305 Å². The van der Waals surface area contributed by atoms with Crippen molar-refractivity contribution in [2.24, 2.45) is 0 Å². The molecule has 0 atom stereocenters. The van der Waals surface area contributed by atoms with Gasteiger partial charge in [0.2, 0.25) is 5.88 Å². The number of esters is 1. The number of aromatic nitrogens is 4. The Kier molecular flexibility index (Phi) is 9.00. The molecule has 12 heteroatoms. The highest BCUT2D eigenvalue weighted by Gasteiger charge is 2.33. The van der Waals surface area contributed by atoms with Gasteiger partial charge in [-0.25, -0.2) is 32.1 Å². The summed E-state index contributed by atoms with van der Waals surface area (Å²) in [6.07, 6.45) is 6.56. The van der Waals surface area contributed by atoms with Gasteiger partial charge in [0, 0.05) is 48.0 Å². The lowest BCUT2D eigenvalue weighted by Gasteiger charge is -2.26. The Balaban J connectivity index is 1.46. The number of benzene rings is 3. The predicted molar refractivity (Wildman–Crippen MR) is 201 cm³/mol. The molecule has 1 fully saturated rings. The van der Waals surface area contributed by atoms with Gasteiger partial charge in [-0.15, -0.1) is 11.3 Å². The van der Waals surface area contributed by atoms with E-state index in [-0.39, 0.29) is 33.7 Å². The van der Waals surface area contributed by atoms with Gasteiger partial charge in [0.05, 0.1) is 28.8 Å². The highest BCUT2D eigenvalue weighted by atomic mass is 32.2. The lowest BCUT2D eigenvalue weighted by Crippen LogP contribution is -2.25. The minimum absolute atomic E-state index is 0.0318. The second-order valence-electron chi connectivity index (χ2n) is 12.4. The van der Waals surface area contributed by atoms with Crippen LogP contribution in [0.3, 0.4) is 0 Å². The van der Waals surface area contributed by atoms with Crippen LogP contribution >= 0.6 is 11.3 Å². The minimum atomic E-state index is -4.35. The molecule has 0 saturated heterocycles. The number of hydrogen-bond donors (Lipinski definition) is 0. The van der Waals surface area contributed by atoms with Crippen LogP contribution in [-0.2, 0) is 27.8 Å². The van der Waals surface area contributed by atoms with E-state index < -0.39 is 16.0 Å². The van der Waals surface area contributed by atoms with E-state index in [0.29, 0.717) is 35.4 Å². The van der Waals surface area contributed by atoms with E-state index in [1.807, 2.05) is 77.0 Å². The van der Waals surface area contributed by atoms with E-state index >= 15 is 8.42 Å². The van der Waals surface area contributed by atoms with Crippen LogP contribution < -0.4 is 9.64 Å². The summed E-state index contributed by atoms with van der Waals surface area (Å²) in [5.41, 5.74) is 3.74. The average Bonchev–Trinajstić information content (AvgIpc) is 3.64. The third-order valence-electron chi connectivity index (χ3n) is 8.80. The molecule has 0 spiro atoms. The first-order chi connectivity index (χ1) is 25.4. The van der Waals surface area contributed by atoms with E-state index in [9.17, 15) is 4.79 Å². The Bertz CT molecular complexity index is 2430. The summed E-state index contributed by atoms with van der Waals surface area (Å²) in [7, 11) is -3.05. The molecule has 8 rings (SSSR count). The number of nitrogens with zero attached hydrogens (tertiary/aromatic N) is 5. The number of pyridine rings is 2. The van der Waals surface area contributed by atoms with Crippen LogP contribution in [0.5, 0.6) is 5.88 Å². The minimum Gasteiger partial charge on any atom is -0.474 e. The summed E-state index contributed by atoms with van der Waals surface area (Å²) in [5.74, 6) is 0.0103. The highest BCUT2D eigenvalue weighted by molar-refractivity contribution is 7.90. The van der Waals surface area contributed by atoms with Gasteiger partial charge in [-0.3, -0.25) is 0 Å². The Hall–Kier alpha value is -5.85. The SMILES string of the molecule is COC(=O)c1cnc(N(Cc2ccccc2)Cc2ccccc2)c2c1cc(-c1cc(-c3nccs3)cnc1OC1CC1)n2S(=O)(=O)c1ccccc1. The normalized spacial score (nSPS) is 12.9. The van der Waals surface area contributed by atoms with Gasteiger partial charge in [-0.2, -0.15) is 0 Å². The molecule has 1 aliphatic carbocycles. The van der Waals surface area contributed by atoms with Gasteiger partial charge < -0.3 is 14.4 Å². The number of anilines is 1. The molecular weight excluding hydrogens is 695 g/mol. The van der Waals surface area contributed by atoms with Gasteiger partial charge in [-0.1, -0.05) is 78.9 Å². The molecule has 0 aliphatic heterocycles. The molecule has 10 nitrogen and oxygen atoms in total. The molecule has 7 aromatic rings. The van der Waals surface area contributed by atoms with Crippen LogP contribution in [0.4, 0.5) is 5.82 Å². The summed E-state index contributed by atoms with van der Waals surface area (Å²) >= 11 is 1.45. The second kappa shape index (κ2) is 14.0. The first-order valence-corrected chi connectivity index (χ1v) is 19.1.